The van der Waals surface area contributed by atoms with Gasteiger partial charge in [-0.25, -0.2) is 0 Å². The molecular weight excluding hydrogens is 246 g/mol. The number of nitrogens with zero attached hydrogens (tertiary/aromatic N) is 1. The van der Waals surface area contributed by atoms with Crippen LogP contribution in [-0.4, -0.2) is 28.5 Å². The van der Waals surface area contributed by atoms with Crippen LogP contribution in [0.4, 0.5) is 5.69 Å². The summed E-state index contributed by atoms with van der Waals surface area (Å²) in [6.45, 7) is 2.80. The van der Waals surface area contributed by atoms with Crippen LogP contribution in [0.3, 0.4) is 0 Å². The van der Waals surface area contributed by atoms with Crippen molar-refractivity contribution < 1.29 is 4.79 Å². The fourth-order valence-electron chi connectivity index (χ4n) is 2.21. The van der Waals surface area contributed by atoms with E-state index in [0.29, 0.717) is 5.11 Å². The van der Waals surface area contributed by atoms with E-state index >= 15 is 0 Å². The van der Waals surface area contributed by atoms with Crippen LogP contribution >= 0.6 is 12.2 Å². The van der Waals surface area contributed by atoms with Crippen molar-refractivity contribution in [3.63, 3.8) is 0 Å². The van der Waals surface area contributed by atoms with E-state index in [2.05, 4.69) is 5.32 Å². The molecule has 1 saturated heterocycles. The molecule has 0 aliphatic carbocycles. The minimum absolute atomic E-state index is 0.269. The summed E-state index contributed by atoms with van der Waals surface area (Å²) in [5, 5.41) is 3.76. The van der Waals surface area contributed by atoms with Gasteiger partial charge in [0.05, 0.1) is 0 Å². The highest BCUT2D eigenvalue weighted by atomic mass is 32.1. The molecule has 1 amide bonds. The maximum Gasteiger partial charge on any atom is 0.240 e. The summed E-state index contributed by atoms with van der Waals surface area (Å²) >= 11 is 5.36. The summed E-state index contributed by atoms with van der Waals surface area (Å²) in [6, 6.07) is 7.64. The van der Waals surface area contributed by atoms with Crippen molar-refractivity contribution in [1.29, 1.82) is 0 Å². The molecule has 4 nitrogen and oxygen atoms in total. The third-order valence-corrected chi connectivity index (χ3v) is 3.57. The lowest BCUT2D eigenvalue weighted by molar-refractivity contribution is -0.121. The summed E-state index contributed by atoms with van der Waals surface area (Å²) in [6.07, 6.45) is 1.73. The number of benzene rings is 1. The molecule has 0 spiro atoms. The molecule has 1 aliphatic rings. The van der Waals surface area contributed by atoms with Crippen LogP contribution in [0.1, 0.15) is 18.4 Å². The molecule has 0 saturated carbocycles. The van der Waals surface area contributed by atoms with Crippen LogP contribution in [-0.2, 0) is 4.79 Å². The van der Waals surface area contributed by atoms with Gasteiger partial charge in [-0.3, -0.25) is 4.79 Å². The molecular formula is C13H17N3OS. The lowest BCUT2D eigenvalue weighted by atomic mass is 10.2. The highest BCUT2D eigenvalue weighted by Crippen LogP contribution is 2.20. The van der Waals surface area contributed by atoms with E-state index in [-0.39, 0.29) is 11.9 Å². The first-order valence-electron chi connectivity index (χ1n) is 6.02. The maximum absolute atomic E-state index is 11.3. The number of nitrogens with two attached hydrogens (primary N) is 1. The van der Waals surface area contributed by atoms with E-state index in [9.17, 15) is 4.79 Å². The molecule has 3 N–H and O–H groups in total. The molecule has 1 aliphatic heterocycles. The number of thiocarbonyl (C=S) groups is 1. The summed E-state index contributed by atoms with van der Waals surface area (Å²) < 4.78 is 0. The summed E-state index contributed by atoms with van der Waals surface area (Å²) in [7, 11) is 0. The average Bonchev–Trinajstić information content (AvgIpc) is 2.81. The number of hydrogen-bond donors (Lipinski definition) is 2. The van der Waals surface area contributed by atoms with Crippen LogP contribution < -0.4 is 11.1 Å². The summed E-state index contributed by atoms with van der Waals surface area (Å²) in [4.78, 5) is 13.2. The van der Waals surface area contributed by atoms with Crippen molar-refractivity contribution in [2.75, 3.05) is 11.9 Å². The molecule has 1 fully saturated rings. The van der Waals surface area contributed by atoms with Gasteiger partial charge >= 0.3 is 0 Å². The molecule has 2 rings (SSSR count). The zero-order valence-corrected chi connectivity index (χ0v) is 11.2. The topological polar surface area (TPSA) is 58.4 Å². The Morgan fingerprint density at radius 1 is 1.50 bits per heavy atom. The third kappa shape index (κ3) is 2.61. The van der Waals surface area contributed by atoms with Gasteiger partial charge in [-0.05, 0) is 43.6 Å². The van der Waals surface area contributed by atoms with Crippen LogP contribution in [0.15, 0.2) is 24.3 Å². The van der Waals surface area contributed by atoms with E-state index in [0.717, 1.165) is 30.6 Å². The predicted octanol–water partition coefficient (Wildman–Crippen LogP) is 1.64. The minimum Gasteiger partial charge on any atom is -0.368 e. The standard InChI is InChI=1S/C13H17N3OS/c1-9-5-2-3-6-10(9)15-13(18)16-8-4-7-11(16)12(14)17/h2-3,5-6,11H,4,7-8H2,1H3,(H2,14,17)(H,15,18)/t11-/m0/s1. The molecule has 5 heteroatoms. The van der Waals surface area contributed by atoms with Crippen molar-refractivity contribution in [1.82, 2.24) is 4.90 Å². The van der Waals surface area contributed by atoms with E-state index < -0.39 is 0 Å². The number of primary amides is 1. The Kier molecular flexibility index (Phi) is 3.81. The second-order valence-electron chi connectivity index (χ2n) is 4.50. The van der Waals surface area contributed by atoms with E-state index in [4.69, 9.17) is 18.0 Å². The maximum atomic E-state index is 11.3. The zero-order chi connectivity index (χ0) is 13.1. The quantitative estimate of drug-likeness (QED) is 0.796. The Balaban J connectivity index is 2.08. The number of nitrogens with one attached hydrogen (secondary N) is 1. The van der Waals surface area contributed by atoms with Crippen LogP contribution in [0.2, 0.25) is 0 Å². The molecule has 1 aromatic carbocycles. The molecule has 0 bridgehead atoms. The Morgan fingerprint density at radius 3 is 2.89 bits per heavy atom. The number of amides is 1. The first-order valence-corrected chi connectivity index (χ1v) is 6.43. The van der Waals surface area contributed by atoms with Crippen molar-refractivity contribution in [2.45, 2.75) is 25.8 Å². The van der Waals surface area contributed by atoms with Crippen LogP contribution in [0, 0.1) is 6.92 Å². The lowest BCUT2D eigenvalue weighted by Crippen LogP contribution is -2.45. The first kappa shape index (κ1) is 12.8. The second-order valence-corrected chi connectivity index (χ2v) is 4.89. The number of anilines is 1. The molecule has 1 aromatic rings. The monoisotopic (exact) mass is 263 g/mol. The second kappa shape index (κ2) is 5.35. The molecule has 0 aromatic heterocycles. The van der Waals surface area contributed by atoms with Crippen molar-refractivity contribution in [3.05, 3.63) is 29.8 Å². The Morgan fingerprint density at radius 2 is 2.22 bits per heavy atom. The van der Waals surface area contributed by atoms with Gasteiger partial charge in [0, 0.05) is 12.2 Å². The molecule has 1 heterocycles. The van der Waals surface area contributed by atoms with E-state index in [1.165, 1.54) is 0 Å². The summed E-state index contributed by atoms with van der Waals surface area (Å²) in [5.74, 6) is -0.304. The fraction of sp³-hybridized carbons (Fsp3) is 0.385. The van der Waals surface area contributed by atoms with Gasteiger partial charge in [-0.15, -0.1) is 0 Å². The molecule has 1 atom stereocenters. The van der Waals surface area contributed by atoms with Gasteiger partial charge in [-0.1, -0.05) is 18.2 Å². The fourth-order valence-corrected chi connectivity index (χ4v) is 2.53. The van der Waals surface area contributed by atoms with Gasteiger partial charge in [0.25, 0.3) is 0 Å². The van der Waals surface area contributed by atoms with Crippen LogP contribution in [0.5, 0.6) is 0 Å². The number of carbonyl (C=O) groups is 1. The lowest BCUT2D eigenvalue weighted by Gasteiger charge is -2.25. The van der Waals surface area contributed by atoms with Gasteiger partial charge < -0.3 is 16.0 Å². The normalized spacial score (nSPS) is 18.7. The Bertz CT molecular complexity index is 475. The van der Waals surface area contributed by atoms with Crippen LogP contribution in [0.25, 0.3) is 0 Å². The van der Waals surface area contributed by atoms with Crippen molar-refractivity contribution in [3.8, 4) is 0 Å². The highest BCUT2D eigenvalue weighted by Gasteiger charge is 2.30. The third-order valence-electron chi connectivity index (χ3n) is 3.23. The highest BCUT2D eigenvalue weighted by molar-refractivity contribution is 7.80. The summed E-state index contributed by atoms with van der Waals surface area (Å²) in [5.41, 5.74) is 7.47. The van der Waals surface area contributed by atoms with Crippen molar-refractivity contribution >= 4 is 28.9 Å². The predicted molar refractivity (Wildman–Crippen MR) is 76.3 cm³/mol. The largest absolute Gasteiger partial charge is 0.368 e. The SMILES string of the molecule is Cc1ccccc1NC(=S)N1CCC[C@H]1C(N)=O. The van der Waals surface area contributed by atoms with Crippen molar-refractivity contribution in [2.24, 2.45) is 5.73 Å². The Labute approximate surface area is 112 Å². The van der Waals surface area contributed by atoms with E-state index in [1.54, 1.807) is 0 Å². The Hall–Kier alpha value is -1.62. The van der Waals surface area contributed by atoms with Gasteiger partial charge in [0.15, 0.2) is 5.11 Å². The first-order chi connectivity index (χ1) is 8.59. The van der Waals surface area contributed by atoms with E-state index in [1.807, 2.05) is 36.1 Å². The smallest absolute Gasteiger partial charge is 0.240 e. The number of rotatable bonds is 2. The number of likely N-dealkylation sites (tertiary alicyclic amines) is 1. The molecule has 0 radical (unpaired) electrons. The minimum atomic E-state index is -0.304. The number of hydrogen-bond acceptors (Lipinski definition) is 2. The molecule has 0 unspecified atom stereocenters. The molecule has 96 valence electrons. The number of aryl methyl sites for hydroxylation is 1. The molecule has 18 heavy (non-hydrogen) atoms. The zero-order valence-electron chi connectivity index (χ0n) is 10.3. The van der Waals surface area contributed by atoms with Gasteiger partial charge in [0.2, 0.25) is 5.91 Å². The number of carbonyl (C=O) groups excluding carboxylic acids is 1. The number of para-hydroxylation sites is 1. The average molecular weight is 263 g/mol. The van der Waals surface area contributed by atoms with Gasteiger partial charge in [0.1, 0.15) is 6.04 Å². The van der Waals surface area contributed by atoms with Gasteiger partial charge in [-0.2, -0.15) is 0 Å².